The molecule has 0 saturated carbocycles. The van der Waals surface area contributed by atoms with Gasteiger partial charge in [-0.05, 0) is 41.4 Å². The van der Waals surface area contributed by atoms with Crippen molar-refractivity contribution in [2.45, 2.75) is 18.9 Å². The molecule has 0 aromatic carbocycles. The number of aromatic amines is 1. The number of H-pyrrole nitrogens is 1. The van der Waals surface area contributed by atoms with Crippen molar-refractivity contribution in [2.75, 3.05) is 6.54 Å². The van der Waals surface area contributed by atoms with Gasteiger partial charge in [0.2, 0.25) is 0 Å². The van der Waals surface area contributed by atoms with Gasteiger partial charge in [-0.1, -0.05) is 0 Å². The van der Waals surface area contributed by atoms with E-state index in [-0.39, 0.29) is 5.56 Å². The quantitative estimate of drug-likeness (QED) is 0.773. The van der Waals surface area contributed by atoms with Crippen molar-refractivity contribution in [1.29, 1.82) is 0 Å². The zero-order chi connectivity index (χ0) is 9.26. The Kier molecular flexibility index (Phi) is 2.46. The second-order valence-corrected chi connectivity index (χ2v) is 3.97. The standard InChI is InChI=1S/C8H10BrN3O/c9-5-4-7(11-12-8(5)13)6-2-1-3-10-6/h4,6,10H,1-3H2,(H,12,13). The first-order valence-electron chi connectivity index (χ1n) is 4.26. The minimum absolute atomic E-state index is 0.179. The Balaban J connectivity index is 2.30. The maximum Gasteiger partial charge on any atom is 0.278 e. The topological polar surface area (TPSA) is 57.8 Å². The molecule has 2 N–H and O–H groups in total. The molecule has 13 heavy (non-hydrogen) atoms. The van der Waals surface area contributed by atoms with Gasteiger partial charge in [-0.15, -0.1) is 0 Å². The first-order valence-corrected chi connectivity index (χ1v) is 5.05. The summed E-state index contributed by atoms with van der Waals surface area (Å²) in [7, 11) is 0. The number of nitrogens with zero attached hydrogens (tertiary/aromatic N) is 1. The molecule has 0 bridgehead atoms. The molecule has 1 unspecified atom stereocenters. The Labute approximate surface area is 83.9 Å². The van der Waals surface area contributed by atoms with Crippen LogP contribution in [0.2, 0.25) is 0 Å². The summed E-state index contributed by atoms with van der Waals surface area (Å²) in [6.45, 7) is 1.03. The smallest absolute Gasteiger partial charge is 0.278 e. The highest BCUT2D eigenvalue weighted by Crippen LogP contribution is 2.21. The van der Waals surface area contributed by atoms with Crippen LogP contribution in [0.5, 0.6) is 0 Å². The number of nitrogens with one attached hydrogen (secondary N) is 2. The molecular formula is C8H10BrN3O. The number of hydrogen-bond donors (Lipinski definition) is 2. The largest absolute Gasteiger partial charge is 0.309 e. The van der Waals surface area contributed by atoms with Crippen molar-refractivity contribution in [3.8, 4) is 0 Å². The molecule has 4 nitrogen and oxygen atoms in total. The molecule has 1 aromatic rings. The summed E-state index contributed by atoms with van der Waals surface area (Å²) in [5.41, 5.74) is 0.728. The van der Waals surface area contributed by atoms with Crippen LogP contribution in [-0.4, -0.2) is 16.7 Å². The predicted octanol–water partition coefficient (Wildman–Crippen LogP) is 0.957. The summed E-state index contributed by atoms with van der Waals surface area (Å²) in [5.74, 6) is 0. The van der Waals surface area contributed by atoms with Crippen molar-refractivity contribution in [1.82, 2.24) is 15.5 Å². The van der Waals surface area contributed by atoms with Crippen molar-refractivity contribution < 1.29 is 0 Å². The summed E-state index contributed by atoms with van der Waals surface area (Å²) < 4.78 is 0.547. The molecule has 1 fully saturated rings. The summed E-state index contributed by atoms with van der Waals surface area (Å²) in [4.78, 5) is 11.0. The van der Waals surface area contributed by atoms with Gasteiger partial charge in [0, 0.05) is 0 Å². The van der Waals surface area contributed by atoms with E-state index < -0.39 is 0 Å². The maximum atomic E-state index is 11.0. The third-order valence-electron chi connectivity index (χ3n) is 2.20. The zero-order valence-electron chi connectivity index (χ0n) is 7.01. The number of halogens is 1. The van der Waals surface area contributed by atoms with Gasteiger partial charge in [-0.2, -0.15) is 5.10 Å². The van der Waals surface area contributed by atoms with Crippen molar-refractivity contribution in [2.24, 2.45) is 0 Å². The first kappa shape index (κ1) is 8.90. The average molecular weight is 244 g/mol. The van der Waals surface area contributed by atoms with Crippen LogP contribution < -0.4 is 10.9 Å². The van der Waals surface area contributed by atoms with Crippen molar-refractivity contribution in [3.63, 3.8) is 0 Å². The Hall–Kier alpha value is -0.680. The molecule has 1 saturated heterocycles. The third kappa shape index (κ3) is 1.81. The lowest BCUT2D eigenvalue weighted by atomic mass is 10.1. The van der Waals surface area contributed by atoms with E-state index >= 15 is 0 Å². The van der Waals surface area contributed by atoms with Crippen LogP contribution in [0, 0.1) is 0 Å². The van der Waals surface area contributed by atoms with Crippen LogP contribution in [0.3, 0.4) is 0 Å². The van der Waals surface area contributed by atoms with Crippen LogP contribution in [0.15, 0.2) is 15.3 Å². The monoisotopic (exact) mass is 243 g/mol. The highest BCUT2D eigenvalue weighted by atomic mass is 79.9. The molecule has 70 valence electrons. The minimum Gasteiger partial charge on any atom is -0.309 e. The van der Waals surface area contributed by atoms with Crippen molar-refractivity contribution >= 4 is 15.9 Å². The van der Waals surface area contributed by atoms with E-state index in [2.05, 4.69) is 31.4 Å². The number of rotatable bonds is 1. The highest BCUT2D eigenvalue weighted by molar-refractivity contribution is 9.10. The molecule has 1 aromatic heterocycles. The molecular weight excluding hydrogens is 234 g/mol. The lowest BCUT2D eigenvalue weighted by Crippen LogP contribution is -2.18. The van der Waals surface area contributed by atoms with Crippen LogP contribution in [-0.2, 0) is 0 Å². The predicted molar refractivity (Wildman–Crippen MR) is 52.5 cm³/mol. The van der Waals surface area contributed by atoms with Gasteiger partial charge >= 0.3 is 0 Å². The Bertz CT molecular complexity index is 357. The lowest BCUT2D eigenvalue weighted by Gasteiger charge is -2.07. The molecule has 2 heterocycles. The van der Waals surface area contributed by atoms with Gasteiger partial charge < -0.3 is 5.32 Å². The third-order valence-corrected chi connectivity index (χ3v) is 2.78. The van der Waals surface area contributed by atoms with E-state index in [1.165, 1.54) is 6.42 Å². The summed E-state index contributed by atoms with van der Waals surface area (Å²) in [5, 5.41) is 9.76. The Morgan fingerprint density at radius 3 is 3.08 bits per heavy atom. The van der Waals surface area contributed by atoms with E-state index in [1.54, 1.807) is 6.07 Å². The van der Waals surface area contributed by atoms with E-state index in [0.29, 0.717) is 10.5 Å². The molecule has 0 spiro atoms. The Morgan fingerprint density at radius 1 is 1.62 bits per heavy atom. The summed E-state index contributed by atoms with van der Waals surface area (Å²) >= 11 is 3.18. The van der Waals surface area contributed by atoms with E-state index in [9.17, 15) is 4.79 Å². The van der Waals surface area contributed by atoms with Crippen molar-refractivity contribution in [3.05, 3.63) is 26.6 Å². The van der Waals surface area contributed by atoms with Crippen LogP contribution in [0.25, 0.3) is 0 Å². The van der Waals surface area contributed by atoms with Gasteiger partial charge in [-0.25, -0.2) is 5.10 Å². The average Bonchev–Trinajstić information content (AvgIpc) is 2.62. The zero-order valence-corrected chi connectivity index (χ0v) is 8.60. The SMILES string of the molecule is O=c1[nH]nc(C2CCCN2)cc1Br. The maximum absolute atomic E-state index is 11.0. The fraction of sp³-hybridized carbons (Fsp3) is 0.500. The molecule has 0 radical (unpaired) electrons. The van der Waals surface area contributed by atoms with Crippen LogP contribution in [0.1, 0.15) is 24.6 Å². The van der Waals surface area contributed by atoms with Gasteiger partial charge in [0.05, 0.1) is 16.2 Å². The molecule has 5 heteroatoms. The van der Waals surface area contributed by atoms with Crippen LogP contribution in [0.4, 0.5) is 0 Å². The second-order valence-electron chi connectivity index (χ2n) is 3.12. The van der Waals surface area contributed by atoms with Gasteiger partial charge in [-0.3, -0.25) is 4.79 Å². The van der Waals surface area contributed by atoms with E-state index in [1.807, 2.05) is 0 Å². The fourth-order valence-corrected chi connectivity index (χ4v) is 1.84. The first-order chi connectivity index (χ1) is 6.27. The highest BCUT2D eigenvalue weighted by Gasteiger charge is 2.18. The fourth-order valence-electron chi connectivity index (χ4n) is 1.51. The lowest BCUT2D eigenvalue weighted by molar-refractivity contribution is 0.613. The molecule has 1 aliphatic rings. The van der Waals surface area contributed by atoms with E-state index in [4.69, 9.17) is 0 Å². The van der Waals surface area contributed by atoms with Gasteiger partial charge in [0.1, 0.15) is 0 Å². The Morgan fingerprint density at radius 2 is 2.46 bits per heavy atom. The molecule has 0 amide bonds. The van der Waals surface area contributed by atoms with Crippen LogP contribution >= 0.6 is 15.9 Å². The van der Waals surface area contributed by atoms with Gasteiger partial charge in [0.15, 0.2) is 0 Å². The molecule has 1 atom stereocenters. The summed E-state index contributed by atoms with van der Waals surface area (Å²) in [6, 6.07) is 2.08. The molecule has 0 aliphatic carbocycles. The minimum atomic E-state index is -0.179. The normalized spacial score (nSPS) is 22.1. The second kappa shape index (κ2) is 3.59. The van der Waals surface area contributed by atoms with Gasteiger partial charge in [0.25, 0.3) is 5.56 Å². The molecule has 1 aliphatic heterocycles. The number of hydrogen-bond acceptors (Lipinski definition) is 3. The molecule has 2 rings (SSSR count). The summed E-state index contributed by atoms with van der Waals surface area (Å²) in [6.07, 6.45) is 2.26. The van der Waals surface area contributed by atoms with E-state index in [0.717, 1.165) is 18.7 Å². The number of aromatic nitrogens is 2.